The van der Waals surface area contributed by atoms with Gasteiger partial charge in [0.2, 0.25) is 0 Å². The summed E-state index contributed by atoms with van der Waals surface area (Å²) in [6.07, 6.45) is 3.98. The lowest BCUT2D eigenvalue weighted by Gasteiger charge is -2.22. The largest absolute Gasteiger partial charge is 0.371 e. The zero-order chi connectivity index (χ0) is 13.5. The molecule has 1 saturated carbocycles. The fourth-order valence-electron chi connectivity index (χ4n) is 2.75. The van der Waals surface area contributed by atoms with E-state index in [1.807, 2.05) is 0 Å². The quantitative estimate of drug-likeness (QED) is 0.903. The molecule has 2 aliphatic rings. The van der Waals surface area contributed by atoms with E-state index in [1.165, 1.54) is 48.1 Å². The molecule has 3 rings (SSSR count). The van der Waals surface area contributed by atoms with Crippen molar-refractivity contribution in [3.05, 3.63) is 28.2 Å². The average molecular weight is 323 g/mol. The van der Waals surface area contributed by atoms with Gasteiger partial charge >= 0.3 is 0 Å². The number of hydrogen-bond donors (Lipinski definition) is 1. The zero-order valence-corrected chi connectivity index (χ0v) is 13.5. The van der Waals surface area contributed by atoms with Crippen molar-refractivity contribution in [1.29, 1.82) is 0 Å². The number of halogens is 1. The van der Waals surface area contributed by atoms with E-state index in [9.17, 15) is 0 Å². The minimum Gasteiger partial charge on any atom is -0.371 e. The van der Waals surface area contributed by atoms with Gasteiger partial charge in [0.15, 0.2) is 0 Å². The normalized spacial score (nSPS) is 21.9. The lowest BCUT2D eigenvalue weighted by molar-refractivity contribution is 0.418. The molecule has 1 heterocycles. The van der Waals surface area contributed by atoms with Gasteiger partial charge in [-0.1, -0.05) is 35.8 Å². The Labute approximate surface area is 124 Å². The summed E-state index contributed by atoms with van der Waals surface area (Å²) in [6, 6.07) is 7.59. The van der Waals surface area contributed by atoms with Crippen LogP contribution in [0.3, 0.4) is 0 Å². The minimum absolute atomic E-state index is 0.457. The first-order valence-electron chi connectivity index (χ1n) is 7.30. The summed E-state index contributed by atoms with van der Waals surface area (Å²) in [4.78, 5) is 2.50. The van der Waals surface area contributed by atoms with E-state index >= 15 is 0 Å². The van der Waals surface area contributed by atoms with Crippen molar-refractivity contribution in [2.75, 3.05) is 18.0 Å². The summed E-state index contributed by atoms with van der Waals surface area (Å²) in [5, 5.41) is 3.57. The first kappa shape index (κ1) is 13.4. The third-order valence-corrected chi connectivity index (χ3v) is 4.98. The predicted octanol–water partition coefficient (Wildman–Crippen LogP) is 3.94. The van der Waals surface area contributed by atoms with Gasteiger partial charge in [0, 0.05) is 35.8 Å². The Morgan fingerprint density at radius 1 is 1.37 bits per heavy atom. The molecule has 0 bridgehead atoms. The topological polar surface area (TPSA) is 15.3 Å². The van der Waals surface area contributed by atoms with Crippen LogP contribution >= 0.6 is 15.9 Å². The van der Waals surface area contributed by atoms with Crippen LogP contribution in [-0.2, 0) is 6.54 Å². The molecule has 1 aliphatic carbocycles. The van der Waals surface area contributed by atoms with E-state index in [-0.39, 0.29) is 0 Å². The highest BCUT2D eigenvalue weighted by atomic mass is 79.9. The second kappa shape index (κ2) is 5.10. The molecule has 0 unspecified atom stereocenters. The molecule has 0 amide bonds. The summed E-state index contributed by atoms with van der Waals surface area (Å²) in [7, 11) is 0. The summed E-state index contributed by atoms with van der Waals surface area (Å²) < 4.78 is 1.24. The van der Waals surface area contributed by atoms with Crippen molar-refractivity contribution in [3.8, 4) is 0 Å². The number of benzene rings is 1. The van der Waals surface area contributed by atoms with Crippen molar-refractivity contribution >= 4 is 21.6 Å². The standard InChI is InChI=1S/C16H23BrN2/c1-16(2)7-8-19(11-16)14-6-3-12(15(17)9-14)10-18-13-4-5-13/h3,6,9,13,18H,4-5,7-8,10-11H2,1-2H3. The number of rotatable bonds is 4. The first-order valence-corrected chi connectivity index (χ1v) is 8.10. The van der Waals surface area contributed by atoms with Crippen LogP contribution in [0.2, 0.25) is 0 Å². The maximum absolute atomic E-state index is 3.73. The molecule has 19 heavy (non-hydrogen) atoms. The van der Waals surface area contributed by atoms with Crippen LogP contribution in [-0.4, -0.2) is 19.1 Å². The lowest BCUT2D eigenvalue weighted by atomic mass is 9.93. The molecule has 0 spiro atoms. The van der Waals surface area contributed by atoms with E-state index in [4.69, 9.17) is 0 Å². The van der Waals surface area contributed by atoms with Gasteiger partial charge in [-0.05, 0) is 42.4 Å². The molecule has 104 valence electrons. The van der Waals surface area contributed by atoms with Crippen molar-refractivity contribution < 1.29 is 0 Å². The van der Waals surface area contributed by atoms with Crippen LogP contribution in [0.25, 0.3) is 0 Å². The van der Waals surface area contributed by atoms with Crippen molar-refractivity contribution in [1.82, 2.24) is 5.32 Å². The average Bonchev–Trinajstić information content (AvgIpc) is 3.11. The zero-order valence-electron chi connectivity index (χ0n) is 11.9. The van der Waals surface area contributed by atoms with Crippen LogP contribution in [0.1, 0.15) is 38.7 Å². The van der Waals surface area contributed by atoms with Gasteiger partial charge < -0.3 is 10.2 Å². The third-order valence-electron chi connectivity index (χ3n) is 4.24. The monoisotopic (exact) mass is 322 g/mol. The smallest absolute Gasteiger partial charge is 0.0377 e. The molecular weight excluding hydrogens is 300 g/mol. The maximum atomic E-state index is 3.73. The third kappa shape index (κ3) is 3.32. The highest BCUT2D eigenvalue weighted by molar-refractivity contribution is 9.10. The van der Waals surface area contributed by atoms with E-state index in [0.717, 1.165) is 12.6 Å². The van der Waals surface area contributed by atoms with Gasteiger partial charge in [-0.25, -0.2) is 0 Å². The summed E-state index contributed by atoms with van der Waals surface area (Å²) in [5.74, 6) is 0. The van der Waals surface area contributed by atoms with Crippen LogP contribution < -0.4 is 10.2 Å². The molecule has 1 N–H and O–H groups in total. The molecule has 1 saturated heterocycles. The highest BCUT2D eigenvalue weighted by Gasteiger charge is 2.29. The molecule has 1 aliphatic heterocycles. The van der Waals surface area contributed by atoms with Crippen LogP contribution in [0.15, 0.2) is 22.7 Å². The molecule has 0 atom stereocenters. The lowest BCUT2D eigenvalue weighted by Crippen LogP contribution is -2.22. The molecule has 2 nitrogen and oxygen atoms in total. The van der Waals surface area contributed by atoms with Gasteiger partial charge in [-0.2, -0.15) is 0 Å². The van der Waals surface area contributed by atoms with Crippen LogP contribution in [0.5, 0.6) is 0 Å². The van der Waals surface area contributed by atoms with Crippen LogP contribution in [0.4, 0.5) is 5.69 Å². The van der Waals surface area contributed by atoms with E-state index in [2.05, 4.69) is 58.2 Å². The van der Waals surface area contributed by atoms with Crippen molar-refractivity contribution in [2.45, 2.75) is 45.7 Å². The Kier molecular flexibility index (Phi) is 3.61. The first-order chi connectivity index (χ1) is 9.03. The van der Waals surface area contributed by atoms with Crippen LogP contribution in [0, 0.1) is 5.41 Å². The Hall–Kier alpha value is -0.540. The van der Waals surface area contributed by atoms with E-state index in [0.29, 0.717) is 5.41 Å². The molecule has 1 aromatic rings. The fourth-order valence-corrected chi connectivity index (χ4v) is 3.26. The summed E-state index contributed by atoms with van der Waals surface area (Å²) in [6.45, 7) is 8.04. The molecule has 3 heteroatoms. The molecule has 2 fully saturated rings. The summed E-state index contributed by atoms with van der Waals surface area (Å²) in [5.41, 5.74) is 3.18. The number of nitrogens with one attached hydrogen (secondary N) is 1. The SMILES string of the molecule is CC1(C)CCN(c2ccc(CNC3CC3)c(Br)c2)C1. The molecule has 1 aromatic carbocycles. The highest BCUT2D eigenvalue weighted by Crippen LogP contribution is 2.34. The van der Waals surface area contributed by atoms with E-state index < -0.39 is 0 Å². The molecule has 0 aromatic heterocycles. The minimum atomic E-state index is 0.457. The van der Waals surface area contributed by atoms with Crippen molar-refractivity contribution in [2.24, 2.45) is 5.41 Å². The second-order valence-electron chi connectivity index (χ2n) is 6.77. The van der Waals surface area contributed by atoms with Gasteiger partial charge in [0.1, 0.15) is 0 Å². The number of nitrogens with zero attached hydrogens (tertiary/aromatic N) is 1. The van der Waals surface area contributed by atoms with Gasteiger partial charge in [-0.3, -0.25) is 0 Å². The maximum Gasteiger partial charge on any atom is 0.0377 e. The molecule has 0 radical (unpaired) electrons. The Morgan fingerprint density at radius 3 is 2.74 bits per heavy atom. The Bertz CT molecular complexity index is 466. The fraction of sp³-hybridized carbons (Fsp3) is 0.625. The van der Waals surface area contributed by atoms with Gasteiger partial charge in [0.25, 0.3) is 0 Å². The Balaban J connectivity index is 1.68. The predicted molar refractivity (Wildman–Crippen MR) is 84.6 cm³/mol. The van der Waals surface area contributed by atoms with Crippen molar-refractivity contribution in [3.63, 3.8) is 0 Å². The number of hydrogen-bond acceptors (Lipinski definition) is 2. The number of anilines is 1. The van der Waals surface area contributed by atoms with Gasteiger partial charge in [-0.15, -0.1) is 0 Å². The second-order valence-corrected chi connectivity index (χ2v) is 7.62. The van der Waals surface area contributed by atoms with E-state index in [1.54, 1.807) is 0 Å². The molecular formula is C16H23BrN2. The Morgan fingerprint density at radius 2 is 2.16 bits per heavy atom. The van der Waals surface area contributed by atoms with Gasteiger partial charge in [0.05, 0.1) is 0 Å². The summed E-state index contributed by atoms with van der Waals surface area (Å²) >= 11 is 3.73.